The third-order valence-corrected chi connectivity index (χ3v) is 5.23. The van der Waals surface area contributed by atoms with Crippen molar-refractivity contribution in [3.05, 3.63) is 78.0 Å². The Labute approximate surface area is 174 Å². The molecule has 4 aromatic rings. The number of aryl methyl sites for hydroxylation is 2. The summed E-state index contributed by atoms with van der Waals surface area (Å²) in [7, 11) is 0. The number of carbonyl (C=O) groups excluding carboxylic acids is 1. The number of hydrogen-bond acceptors (Lipinski definition) is 4. The number of ether oxygens (including phenoxy) is 2. The maximum Gasteiger partial charge on any atom is 0.231 e. The first-order valence-corrected chi connectivity index (χ1v) is 9.90. The molecular weight excluding hydrogens is 378 g/mol. The first-order chi connectivity index (χ1) is 14.7. The maximum atomic E-state index is 12.8. The molecule has 0 radical (unpaired) electrons. The second-order valence-electron chi connectivity index (χ2n) is 7.30. The Morgan fingerprint density at radius 1 is 1.07 bits per heavy atom. The zero-order valence-corrected chi connectivity index (χ0v) is 16.6. The standard InChI is InChI=1S/C24H21N3O3/c1-16-6-5-13-27-23(16)26-22(18-7-3-2-4-8-18)24(27)25-21(28)12-10-17-9-11-19-20(14-17)30-15-29-19/h2-9,11,13-14H,10,12,15H2,1H3,(H,25,28). The number of carbonyl (C=O) groups is 1. The molecule has 0 atom stereocenters. The fourth-order valence-electron chi connectivity index (χ4n) is 3.67. The summed E-state index contributed by atoms with van der Waals surface area (Å²) in [6.45, 7) is 2.26. The number of pyridine rings is 1. The lowest BCUT2D eigenvalue weighted by Crippen LogP contribution is -2.14. The smallest absolute Gasteiger partial charge is 0.231 e. The predicted octanol–water partition coefficient (Wildman–Crippen LogP) is 4.61. The lowest BCUT2D eigenvalue weighted by Gasteiger charge is -2.09. The van der Waals surface area contributed by atoms with Crippen molar-refractivity contribution >= 4 is 17.4 Å². The van der Waals surface area contributed by atoms with Gasteiger partial charge in [0.05, 0.1) is 0 Å². The molecule has 0 fully saturated rings. The fourth-order valence-corrected chi connectivity index (χ4v) is 3.67. The number of imidazole rings is 1. The summed E-state index contributed by atoms with van der Waals surface area (Å²) in [6.07, 6.45) is 2.89. The van der Waals surface area contributed by atoms with Crippen LogP contribution in [0.3, 0.4) is 0 Å². The summed E-state index contributed by atoms with van der Waals surface area (Å²) in [4.78, 5) is 17.6. The number of benzene rings is 2. The van der Waals surface area contributed by atoms with Crippen LogP contribution in [0.1, 0.15) is 17.5 Å². The van der Waals surface area contributed by atoms with E-state index in [4.69, 9.17) is 14.5 Å². The predicted molar refractivity (Wildman–Crippen MR) is 115 cm³/mol. The molecule has 150 valence electrons. The van der Waals surface area contributed by atoms with Crippen molar-refractivity contribution in [3.63, 3.8) is 0 Å². The molecular formula is C24H21N3O3. The van der Waals surface area contributed by atoms with Crippen LogP contribution < -0.4 is 14.8 Å². The molecule has 3 heterocycles. The van der Waals surface area contributed by atoms with E-state index in [1.807, 2.05) is 78.2 Å². The monoisotopic (exact) mass is 399 g/mol. The Morgan fingerprint density at radius 3 is 2.77 bits per heavy atom. The van der Waals surface area contributed by atoms with Crippen molar-refractivity contribution in [2.24, 2.45) is 0 Å². The highest BCUT2D eigenvalue weighted by Gasteiger charge is 2.18. The maximum absolute atomic E-state index is 12.8. The Balaban J connectivity index is 1.40. The van der Waals surface area contributed by atoms with Gasteiger partial charge >= 0.3 is 0 Å². The third kappa shape index (κ3) is 3.37. The van der Waals surface area contributed by atoms with Crippen LogP contribution in [0, 0.1) is 6.92 Å². The van der Waals surface area contributed by atoms with Gasteiger partial charge in [-0.05, 0) is 42.7 Å². The largest absolute Gasteiger partial charge is 0.454 e. The minimum atomic E-state index is -0.0619. The molecule has 1 aliphatic heterocycles. The van der Waals surface area contributed by atoms with Gasteiger partial charge in [-0.2, -0.15) is 0 Å². The molecule has 0 aliphatic carbocycles. The van der Waals surface area contributed by atoms with Gasteiger partial charge in [-0.25, -0.2) is 4.98 Å². The molecule has 0 unspecified atom stereocenters. The van der Waals surface area contributed by atoms with E-state index in [9.17, 15) is 4.79 Å². The van der Waals surface area contributed by atoms with Crippen molar-refractivity contribution in [1.82, 2.24) is 9.38 Å². The number of fused-ring (bicyclic) bond motifs is 2. The van der Waals surface area contributed by atoms with Gasteiger partial charge < -0.3 is 14.8 Å². The molecule has 30 heavy (non-hydrogen) atoms. The normalized spacial score (nSPS) is 12.3. The quantitative estimate of drug-likeness (QED) is 0.532. The van der Waals surface area contributed by atoms with Crippen molar-refractivity contribution in [2.45, 2.75) is 19.8 Å². The number of rotatable bonds is 5. The first kappa shape index (κ1) is 18.2. The molecule has 1 N–H and O–H groups in total. The SMILES string of the molecule is Cc1cccn2c(NC(=O)CCc3ccc4c(c3)OCO4)c(-c3ccccc3)nc12. The highest BCUT2D eigenvalue weighted by molar-refractivity contribution is 5.94. The molecule has 2 aromatic heterocycles. The van der Waals surface area contributed by atoms with Crippen LogP contribution in [-0.4, -0.2) is 22.1 Å². The van der Waals surface area contributed by atoms with Gasteiger partial charge in [0, 0.05) is 18.2 Å². The summed E-state index contributed by atoms with van der Waals surface area (Å²) < 4.78 is 12.7. The summed E-state index contributed by atoms with van der Waals surface area (Å²) in [5.74, 6) is 2.11. The number of anilines is 1. The Morgan fingerprint density at radius 2 is 1.90 bits per heavy atom. The van der Waals surface area contributed by atoms with E-state index < -0.39 is 0 Å². The second kappa shape index (κ2) is 7.55. The molecule has 5 rings (SSSR count). The summed E-state index contributed by atoms with van der Waals surface area (Å²) >= 11 is 0. The van der Waals surface area contributed by atoms with Crippen LogP contribution in [0.15, 0.2) is 66.9 Å². The van der Waals surface area contributed by atoms with Gasteiger partial charge in [0.1, 0.15) is 17.2 Å². The average molecular weight is 399 g/mol. The van der Waals surface area contributed by atoms with E-state index in [-0.39, 0.29) is 12.7 Å². The number of hydrogen-bond donors (Lipinski definition) is 1. The van der Waals surface area contributed by atoms with E-state index in [0.717, 1.165) is 39.5 Å². The van der Waals surface area contributed by atoms with E-state index in [0.29, 0.717) is 18.7 Å². The topological polar surface area (TPSA) is 64.9 Å². The van der Waals surface area contributed by atoms with Crippen molar-refractivity contribution in [1.29, 1.82) is 0 Å². The molecule has 1 aliphatic rings. The van der Waals surface area contributed by atoms with Gasteiger partial charge in [0.25, 0.3) is 0 Å². The number of nitrogens with zero attached hydrogens (tertiary/aromatic N) is 2. The van der Waals surface area contributed by atoms with Crippen LogP contribution >= 0.6 is 0 Å². The molecule has 0 bridgehead atoms. The average Bonchev–Trinajstić information content (AvgIpc) is 3.38. The molecule has 1 amide bonds. The number of amides is 1. The van der Waals surface area contributed by atoms with Gasteiger partial charge in [-0.15, -0.1) is 0 Å². The molecule has 6 heteroatoms. The molecule has 0 spiro atoms. The van der Waals surface area contributed by atoms with E-state index in [2.05, 4.69) is 5.32 Å². The molecule has 0 saturated heterocycles. The van der Waals surface area contributed by atoms with Crippen molar-refractivity contribution in [2.75, 3.05) is 12.1 Å². The van der Waals surface area contributed by atoms with Crippen LogP contribution in [0.4, 0.5) is 5.82 Å². The first-order valence-electron chi connectivity index (χ1n) is 9.90. The lowest BCUT2D eigenvalue weighted by atomic mass is 10.1. The van der Waals surface area contributed by atoms with E-state index in [1.165, 1.54) is 0 Å². The minimum Gasteiger partial charge on any atom is -0.454 e. The van der Waals surface area contributed by atoms with Crippen LogP contribution in [0.5, 0.6) is 11.5 Å². The third-order valence-electron chi connectivity index (χ3n) is 5.23. The highest BCUT2D eigenvalue weighted by Crippen LogP contribution is 2.33. The Bertz CT molecular complexity index is 1230. The number of nitrogens with one attached hydrogen (secondary N) is 1. The van der Waals surface area contributed by atoms with Gasteiger partial charge in [-0.1, -0.05) is 42.5 Å². The van der Waals surface area contributed by atoms with E-state index in [1.54, 1.807) is 0 Å². The number of aromatic nitrogens is 2. The fraction of sp³-hybridized carbons (Fsp3) is 0.167. The van der Waals surface area contributed by atoms with Crippen LogP contribution in [-0.2, 0) is 11.2 Å². The van der Waals surface area contributed by atoms with Crippen molar-refractivity contribution in [3.8, 4) is 22.8 Å². The minimum absolute atomic E-state index is 0.0619. The summed E-state index contributed by atoms with van der Waals surface area (Å²) in [5.41, 5.74) is 4.65. The lowest BCUT2D eigenvalue weighted by molar-refractivity contribution is -0.116. The highest BCUT2D eigenvalue weighted by atomic mass is 16.7. The van der Waals surface area contributed by atoms with Crippen molar-refractivity contribution < 1.29 is 14.3 Å². The molecule has 6 nitrogen and oxygen atoms in total. The van der Waals surface area contributed by atoms with Gasteiger partial charge in [-0.3, -0.25) is 9.20 Å². The Hall–Kier alpha value is -3.80. The van der Waals surface area contributed by atoms with Crippen LogP contribution in [0.25, 0.3) is 16.9 Å². The molecule has 0 saturated carbocycles. The van der Waals surface area contributed by atoms with E-state index >= 15 is 0 Å². The molecule has 2 aromatic carbocycles. The zero-order chi connectivity index (χ0) is 20.5. The second-order valence-corrected chi connectivity index (χ2v) is 7.30. The summed E-state index contributed by atoms with van der Waals surface area (Å²) in [6, 6.07) is 19.7. The van der Waals surface area contributed by atoms with Crippen LogP contribution in [0.2, 0.25) is 0 Å². The Kier molecular flexibility index (Phi) is 4.59. The van der Waals surface area contributed by atoms with Gasteiger partial charge in [0.2, 0.25) is 12.7 Å². The van der Waals surface area contributed by atoms with Gasteiger partial charge in [0.15, 0.2) is 11.5 Å². The zero-order valence-electron chi connectivity index (χ0n) is 16.6. The summed E-state index contributed by atoms with van der Waals surface area (Å²) in [5, 5.41) is 3.09.